The molecule has 0 aromatic carbocycles. The van der Waals surface area contributed by atoms with Crippen molar-refractivity contribution in [2.24, 2.45) is 0 Å². The second-order valence-electron chi connectivity index (χ2n) is 4.47. The molecule has 1 aromatic rings. The molecular weight excluding hydrogens is 260 g/mol. The average molecular weight is 274 g/mol. The average Bonchev–Trinajstić information content (AvgIpc) is 2.59. The first-order valence-corrected chi connectivity index (χ1v) is 5.51. The maximum absolute atomic E-state index is 11.7. The van der Waals surface area contributed by atoms with Gasteiger partial charge in [0.15, 0.2) is 11.5 Å². The fraction of sp³-hybridized carbons (Fsp3) is 0.600. The van der Waals surface area contributed by atoms with Crippen LogP contribution in [0.4, 0.5) is 0 Å². The van der Waals surface area contributed by atoms with Crippen molar-refractivity contribution in [3.8, 4) is 5.75 Å². The summed E-state index contributed by atoms with van der Waals surface area (Å²) in [5, 5.41) is 38.0. The predicted octanol–water partition coefficient (Wildman–Crippen LogP) is -2.97. The van der Waals surface area contributed by atoms with E-state index in [-0.39, 0.29) is 0 Å². The Balaban J connectivity index is 2.55. The molecule has 0 spiro atoms. The van der Waals surface area contributed by atoms with E-state index in [0.29, 0.717) is 0 Å². The molecule has 0 bridgehead atoms. The number of hydrogen-bond donors (Lipinski definition) is 5. The Hall–Kier alpha value is -1.68. The highest BCUT2D eigenvalue weighted by Gasteiger charge is 2.52. The van der Waals surface area contributed by atoms with Crippen LogP contribution in [0.5, 0.6) is 5.75 Å². The molecular formula is C10H14N2O7. The molecule has 19 heavy (non-hydrogen) atoms. The van der Waals surface area contributed by atoms with Crippen LogP contribution in [0.25, 0.3) is 0 Å². The van der Waals surface area contributed by atoms with E-state index in [2.05, 4.69) is 0 Å². The maximum Gasteiger partial charge on any atom is 0.330 e. The summed E-state index contributed by atoms with van der Waals surface area (Å²) in [6.45, 7) is 0.730. The number of rotatable bonds is 2. The van der Waals surface area contributed by atoms with Gasteiger partial charge in [-0.15, -0.1) is 0 Å². The summed E-state index contributed by atoms with van der Waals surface area (Å²) >= 11 is 0. The molecule has 0 saturated carbocycles. The van der Waals surface area contributed by atoms with E-state index < -0.39 is 47.6 Å². The molecule has 0 unspecified atom stereocenters. The van der Waals surface area contributed by atoms with Gasteiger partial charge in [0, 0.05) is 0 Å². The molecule has 106 valence electrons. The molecule has 9 nitrogen and oxygen atoms in total. The molecule has 0 aliphatic carbocycles. The zero-order valence-corrected chi connectivity index (χ0v) is 9.98. The summed E-state index contributed by atoms with van der Waals surface area (Å²) in [4.78, 5) is 24.6. The third-order valence-electron chi connectivity index (χ3n) is 3.22. The number of nitrogens with zero attached hydrogens (tertiary/aromatic N) is 1. The fourth-order valence-corrected chi connectivity index (χ4v) is 2.10. The molecule has 4 atom stereocenters. The smallest absolute Gasteiger partial charge is 0.330 e. The van der Waals surface area contributed by atoms with Crippen molar-refractivity contribution in [1.82, 2.24) is 9.55 Å². The largest absolute Gasteiger partial charge is 0.502 e. The Bertz CT molecular complexity index is 594. The minimum absolute atomic E-state index is 0.558. The van der Waals surface area contributed by atoms with Crippen LogP contribution in [-0.4, -0.2) is 54.9 Å². The monoisotopic (exact) mass is 274 g/mol. The van der Waals surface area contributed by atoms with Gasteiger partial charge in [-0.3, -0.25) is 14.3 Å². The van der Waals surface area contributed by atoms with Gasteiger partial charge < -0.3 is 25.2 Å². The highest BCUT2D eigenvalue weighted by molar-refractivity contribution is 5.12. The Morgan fingerprint density at radius 2 is 2.11 bits per heavy atom. The lowest BCUT2D eigenvalue weighted by Gasteiger charge is -2.29. The minimum atomic E-state index is -1.72. The van der Waals surface area contributed by atoms with Gasteiger partial charge in [-0.25, -0.2) is 4.79 Å². The van der Waals surface area contributed by atoms with Crippen LogP contribution in [-0.2, 0) is 10.5 Å². The van der Waals surface area contributed by atoms with Crippen LogP contribution in [0.2, 0.25) is 0 Å². The summed E-state index contributed by atoms with van der Waals surface area (Å²) in [6, 6.07) is 0. The number of H-pyrrole nitrogens is 1. The number of ether oxygens (including phenoxy) is 1. The van der Waals surface area contributed by atoms with Crippen molar-refractivity contribution in [3.05, 3.63) is 27.0 Å². The van der Waals surface area contributed by atoms with E-state index in [0.717, 1.165) is 10.8 Å². The van der Waals surface area contributed by atoms with E-state index in [9.17, 15) is 24.9 Å². The summed E-state index contributed by atoms with van der Waals surface area (Å²) in [5.74, 6) is -0.737. The molecule has 1 aliphatic rings. The van der Waals surface area contributed by atoms with Gasteiger partial charge in [-0.1, -0.05) is 0 Å². The zero-order valence-electron chi connectivity index (χ0n) is 9.98. The summed E-state index contributed by atoms with van der Waals surface area (Å²) < 4.78 is 6.02. The van der Waals surface area contributed by atoms with Crippen LogP contribution in [0.1, 0.15) is 6.92 Å². The Labute approximate surface area is 106 Å². The lowest BCUT2D eigenvalue weighted by atomic mass is 10.0. The number of nitrogens with one attached hydrogen (secondary N) is 1. The van der Waals surface area contributed by atoms with Crippen LogP contribution in [0.15, 0.2) is 15.8 Å². The number of hydrogen-bond acceptors (Lipinski definition) is 7. The lowest BCUT2D eigenvalue weighted by molar-refractivity contribution is -0.137. The highest BCUT2D eigenvalue weighted by atomic mass is 16.6. The molecule has 2 rings (SSSR count). The highest BCUT2D eigenvalue weighted by Crippen LogP contribution is 2.34. The van der Waals surface area contributed by atoms with Gasteiger partial charge in [0.2, 0.25) is 0 Å². The van der Waals surface area contributed by atoms with E-state index in [1.165, 1.54) is 6.92 Å². The molecule has 5 N–H and O–H groups in total. The molecule has 1 aromatic heterocycles. The quantitative estimate of drug-likeness (QED) is 0.387. The van der Waals surface area contributed by atoms with Crippen LogP contribution >= 0.6 is 0 Å². The van der Waals surface area contributed by atoms with Crippen LogP contribution < -0.4 is 11.2 Å². The second-order valence-corrected chi connectivity index (χ2v) is 4.47. The summed E-state index contributed by atoms with van der Waals surface area (Å²) in [7, 11) is 0. The second kappa shape index (κ2) is 4.46. The number of aliphatic hydroxyl groups is 3. The predicted molar refractivity (Wildman–Crippen MR) is 60.6 cm³/mol. The first kappa shape index (κ1) is 13.7. The topological polar surface area (TPSA) is 145 Å². The van der Waals surface area contributed by atoms with Gasteiger partial charge in [0.05, 0.1) is 12.8 Å². The number of aromatic nitrogens is 2. The first-order valence-electron chi connectivity index (χ1n) is 5.51. The van der Waals surface area contributed by atoms with Gasteiger partial charge in [0.25, 0.3) is 5.56 Å². The zero-order chi connectivity index (χ0) is 14.4. The molecule has 0 amide bonds. The van der Waals surface area contributed by atoms with Gasteiger partial charge in [-0.05, 0) is 6.92 Å². The van der Waals surface area contributed by atoms with Crippen molar-refractivity contribution in [1.29, 1.82) is 0 Å². The first-order chi connectivity index (χ1) is 8.81. The molecule has 1 fully saturated rings. The SMILES string of the molecule is C[C@@]1(n2cc(O)c(=O)[nH]c2=O)O[C@H](CO)[C@@H](O)[C@H]1O. The molecule has 2 heterocycles. The number of aromatic amines is 1. The number of aromatic hydroxyl groups is 1. The minimum Gasteiger partial charge on any atom is -0.502 e. The Morgan fingerprint density at radius 3 is 2.63 bits per heavy atom. The Kier molecular flexibility index (Phi) is 3.22. The summed E-state index contributed by atoms with van der Waals surface area (Å²) in [6.07, 6.45) is -3.21. The van der Waals surface area contributed by atoms with Crippen molar-refractivity contribution < 1.29 is 25.2 Å². The lowest BCUT2D eigenvalue weighted by Crippen LogP contribution is -2.49. The van der Waals surface area contributed by atoms with Crippen LogP contribution in [0.3, 0.4) is 0 Å². The van der Waals surface area contributed by atoms with Crippen LogP contribution in [0, 0.1) is 0 Å². The van der Waals surface area contributed by atoms with Crippen molar-refractivity contribution in [2.45, 2.75) is 31.0 Å². The van der Waals surface area contributed by atoms with Gasteiger partial charge in [-0.2, -0.15) is 0 Å². The van der Waals surface area contributed by atoms with E-state index in [1.54, 1.807) is 0 Å². The van der Waals surface area contributed by atoms with Crippen molar-refractivity contribution >= 4 is 0 Å². The normalized spacial score (nSPS) is 34.6. The molecule has 1 saturated heterocycles. The van der Waals surface area contributed by atoms with Gasteiger partial charge in [0.1, 0.15) is 18.3 Å². The Morgan fingerprint density at radius 1 is 1.47 bits per heavy atom. The van der Waals surface area contributed by atoms with E-state index in [4.69, 9.17) is 9.84 Å². The van der Waals surface area contributed by atoms with Crippen molar-refractivity contribution in [2.75, 3.05) is 6.61 Å². The summed E-state index contributed by atoms with van der Waals surface area (Å²) in [5.41, 5.74) is -3.61. The molecule has 1 aliphatic heterocycles. The van der Waals surface area contributed by atoms with Gasteiger partial charge >= 0.3 is 5.69 Å². The fourth-order valence-electron chi connectivity index (χ4n) is 2.10. The maximum atomic E-state index is 11.7. The standard InChI is InChI=1S/C10H14N2O7/c1-10(7(16)6(15)5(3-13)19-10)12-2-4(14)8(17)11-9(12)18/h2,5-7,13-16H,3H2,1H3,(H,11,17,18)/t5-,6-,7-,10-/m1/s1. The third kappa shape index (κ3) is 1.96. The third-order valence-corrected chi connectivity index (χ3v) is 3.22. The number of aliphatic hydroxyl groups excluding tert-OH is 3. The van der Waals surface area contributed by atoms with E-state index >= 15 is 0 Å². The molecule has 0 radical (unpaired) electrons. The van der Waals surface area contributed by atoms with Crippen molar-refractivity contribution in [3.63, 3.8) is 0 Å². The van der Waals surface area contributed by atoms with E-state index in [1.807, 2.05) is 4.98 Å². The molecule has 9 heteroatoms.